The van der Waals surface area contributed by atoms with E-state index in [9.17, 15) is 10.2 Å². The van der Waals surface area contributed by atoms with Gasteiger partial charge in [0.15, 0.2) is 0 Å². The van der Waals surface area contributed by atoms with Crippen molar-refractivity contribution < 1.29 is 14.8 Å². The lowest BCUT2D eigenvalue weighted by Crippen LogP contribution is -2.42. The van der Waals surface area contributed by atoms with Crippen LogP contribution in [0.15, 0.2) is 29.4 Å². The Morgan fingerprint density at radius 2 is 1.88 bits per heavy atom. The van der Waals surface area contributed by atoms with E-state index in [1.165, 1.54) is 0 Å². The molecule has 1 aromatic rings. The molecule has 1 unspecified atom stereocenters. The summed E-state index contributed by atoms with van der Waals surface area (Å²) in [7, 11) is 3.58. The van der Waals surface area contributed by atoms with E-state index in [1.807, 2.05) is 19.1 Å². The minimum Gasteiger partial charge on any atom is -0.855 e. The van der Waals surface area contributed by atoms with E-state index in [2.05, 4.69) is 5.10 Å². The average molecular weight is 236 g/mol. The topological polar surface area (TPSA) is 55.7 Å². The van der Waals surface area contributed by atoms with Crippen LogP contribution in [0.3, 0.4) is 0 Å². The van der Waals surface area contributed by atoms with Crippen LogP contribution in [0, 0.1) is 6.92 Å². The van der Waals surface area contributed by atoms with Crippen LogP contribution in [0.5, 0.6) is 0 Å². The van der Waals surface area contributed by atoms with E-state index in [1.54, 1.807) is 33.2 Å². The number of nitrogens with zero attached hydrogens (tertiary/aromatic N) is 2. The molecule has 1 atom stereocenters. The summed E-state index contributed by atoms with van der Waals surface area (Å²) in [5, 5.41) is 25.3. The predicted molar refractivity (Wildman–Crippen MR) is 66.4 cm³/mol. The van der Waals surface area contributed by atoms with E-state index in [-0.39, 0.29) is 10.5 Å². The number of benzene rings is 1. The van der Waals surface area contributed by atoms with E-state index in [0.717, 1.165) is 5.56 Å². The quantitative estimate of drug-likeness (QED) is 0.358. The molecule has 0 aromatic heterocycles. The van der Waals surface area contributed by atoms with Gasteiger partial charge in [-0.25, -0.2) is 4.59 Å². The highest BCUT2D eigenvalue weighted by Gasteiger charge is 2.17. The van der Waals surface area contributed by atoms with Gasteiger partial charge in [-0.05, 0) is 19.4 Å². The van der Waals surface area contributed by atoms with Crippen molar-refractivity contribution >= 4 is 5.90 Å². The van der Waals surface area contributed by atoms with Crippen LogP contribution in [0.2, 0.25) is 0 Å². The smallest absolute Gasteiger partial charge is 0.128 e. The highest BCUT2D eigenvalue weighted by molar-refractivity contribution is 5.90. The molecule has 1 rings (SSSR count). The fraction of sp³-hybridized carbons (Fsp3) is 0.462. The van der Waals surface area contributed by atoms with Crippen molar-refractivity contribution in [2.45, 2.75) is 20.0 Å². The number of aliphatic hydroxyl groups excluding tert-OH is 1. The maximum absolute atomic E-state index is 11.9. The van der Waals surface area contributed by atoms with Crippen LogP contribution in [-0.4, -0.2) is 42.3 Å². The SMILES string of the molecule is Cc1ccc(/C([O-])=N/[N+](C)(C)CC(C)O)cc1. The Hall–Kier alpha value is -1.39. The molecule has 1 N–H and O–H groups in total. The van der Waals surface area contributed by atoms with Crippen LogP contribution in [0.1, 0.15) is 18.1 Å². The Bertz CT molecular complexity index is 394. The summed E-state index contributed by atoms with van der Waals surface area (Å²) in [6, 6.07) is 7.31. The maximum atomic E-state index is 11.9. The van der Waals surface area contributed by atoms with E-state index in [0.29, 0.717) is 12.1 Å². The fourth-order valence-corrected chi connectivity index (χ4v) is 1.69. The molecule has 0 aliphatic rings. The third-order valence-corrected chi connectivity index (χ3v) is 2.37. The number of quaternary nitrogens is 1. The van der Waals surface area contributed by atoms with E-state index < -0.39 is 6.10 Å². The maximum Gasteiger partial charge on any atom is 0.128 e. The molecule has 17 heavy (non-hydrogen) atoms. The van der Waals surface area contributed by atoms with Crippen molar-refractivity contribution in [3.63, 3.8) is 0 Å². The van der Waals surface area contributed by atoms with Gasteiger partial charge in [-0.15, -0.1) is 0 Å². The zero-order valence-corrected chi connectivity index (χ0v) is 10.8. The molecule has 4 nitrogen and oxygen atoms in total. The zero-order chi connectivity index (χ0) is 13.1. The highest BCUT2D eigenvalue weighted by atomic mass is 16.3. The molecular weight excluding hydrogens is 216 g/mol. The third kappa shape index (κ3) is 4.54. The summed E-state index contributed by atoms with van der Waals surface area (Å²) in [5.74, 6) is -0.254. The van der Waals surface area contributed by atoms with Crippen LogP contribution < -0.4 is 5.11 Å². The Morgan fingerprint density at radius 3 is 2.35 bits per heavy atom. The number of likely N-dealkylation sites (N-methyl/N-ethyl adjacent to an activating group) is 1. The Morgan fingerprint density at radius 1 is 1.35 bits per heavy atom. The number of aryl methyl sites for hydroxylation is 1. The van der Waals surface area contributed by atoms with Crippen molar-refractivity contribution in [2.75, 3.05) is 20.6 Å². The zero-order valence-electron chi connectivity index (χ0n) is 10.8. The van der Waals surface area contributed by atoms with Gasteiger partial charge < -0.3 is 10.2 Å². The molecule has 0 aliphatic heterocycles. The second kappa shape index (κ2) is 5.29. The van der Waals surface area contributed by atoms with Gasteiger partial charge in [0.05, 0.1) is 20.0 Å². The second-order valence-electron chi connectivity index (χ2n) is 4.92. The molecule has 0 fully saturated rings. The molecule has 1 aromatic carbocycles. The normalized spacial score (nSPS) is 14.8. The lowest BCUT2D eigenvalue weighted by atomic mass is 10.1. The number of aliphatic hydroxyl groups is 1. The van der Waals surface area contributed by atoms with Gasteiger partial charge in [0.1, 0.15) is 12.6 Å². The average Bonchev–Trinajstić information content (AvgIpc) is 2.15. The summed E-state index contributed by atoms with van der Waals surface area (Å²) in [5.41, 5.74) is 1.69. The first kappa shape index (κ1) is 13.7. The summed E-state index contributed by atoms with van der Waals surface area (Å²) < 4.78 is 0.129. The summed E-state index contributed by atoms with van der Waals surface area (Å²) in [4.78, 5) is 0. The largest absolute Gasteiger partial charge is 0.855 e. The van der Waals surface area contributed by atoms with Gasteiger partial charge in [-0.2, -0.15) is 0 Å². The molecule has 0 saturated heterocycles. The fourth-order valence-electron chi connectivity index (χ4n) is 1.69. The first-order chi connectivity index (χ1) is 7.80. The van der Waals surface area contributed by atoms with Gasteiger partial charge >= 0.3 is 0 Å². The first-order valence-electron chi connectivity index (χ1n) is 5.65. The van der Waals surface area contributed by atoms with Gasteiger partial charge in [0.25, 0.3) is 0 Å². The van der Waals surface area contributed by atoms with Crippen molar-refractivity contribution in [1.29, 1.82) is 0 Å². The van der Waals surface area contributed by atoms with Gasteiger partial charge in [0.2, 0.25) is 0 Å². The predicted octanol–water partition coefficient (Wildman–Crippen LogP) is 0.474. The summed E-state index contributed by atoms with van der Waals surface area (Å²) >= 11 is 0. The van der Waals surface area contributed by atoms with Gasteiger partial charge in [0, 0.05) is 0 Å². The standard InChI is InChI=1S/C13H20N2O2/c1-10-5-7-12(8-6-10)13(17)14-15(3,4)9-11(2)16/h5-8,11,16H,9H2,1-4H3. The second-order valence-corrected chi connectivity index (χ2v) is 4.92. The van der Waals surface area contributed by atoms with Gasteiger partial charge in [-0.1, -0.05) is 34.9 Å². The molecule has 0 heterocycles. The Balaban J connectivity index is 2.88. The minimum atomic E-state index is -0.487. The number of hydrogen-bond donors (Lipinski definition) is 1. The lowest BCUT2D eigenvalue weighted by molar-refractivity contribution is -0.900. The third-order valence-electron chi connectivity index (χ3n) is 2.37. The minimum absolute atomic E-state index is 0.129. The molecule has 0 saturated carbocycles. The molecule has 4 heteroatoms. The van der Waals surface area contributed by atoms with Crippen molar-refractivity contribution in [2.24, 2.45) is 5.10 Å². The van der Waals surface area contributed by atoms with Crippen LogP contribution in [-0.2, 0) is 0 Å². The van der Waals surface area contributed by atoms with Crippen LogP contribution in [0.25, 0.3) is 0 Å². The van der Waals surface area contributed by atoms with Crippen molar-refractivity contribution in [3.8, 4) is 0 Å². The molecule has 0 radical (unpaired) electrons. The first-order valence-corrected chi connectivity index (χ1v) is 5.65. The molecule has 0 spiro atoms. The lowest BCUT2D eigenvalue weighted by Gasteiger charge is -2.26. The summed E-state index contributed by atoms with van der Waals surface area (Å²) in [6.45, 7) is 4.07. The van der Waals surface area contributed by atoms with Crippen LogP contribution in [0.4, 0.5) is 0 Å². The van der Waals surface area contributed by atoms with Crippen LogP contribution >= 0.6 is 0 Å². The molecule has 94 valence electrons. The number of hydrogen-bond acceptors (Lipinski definition) is 3. The van der Waals surface area contributed by atoms with Crippen molar-refractivity contribution in [3.05, 3.63) is 35.4 Å². The Kier molecular flexibility index (Phi) is 4.26. The molecule has 0 aliphatic carbocycles. The molecule has 0 amide bonds. The van der Waals surface area contributed by atoms with E-state index in [4.69, 9.17) is 0 Å². The highest BCUT2D eigenvalue weighted by Crippen LogP contribution is 2.06. The molecule has 0 bridgehead atoms. The molecular formula is C13H20N2O2. The van der Waals surface area contributed by atoms with E-state index >= 15 is 0 Å². The number of rotatable bonds is 4. The van der Waals surface area contributed by atoms with Gasteiger partial charge in [-0.3, -0.25) is 0 Å². The summed E-state index contributed by atoms with van der Waals surface area (Å²) in [6.07, 6.45) is -0.487. The van der Waals surface area contributed by atoms with Crippen molar-refractivity contribution in [1.82, 2.24) is 0 Å². The Labute approximate surface area is 102 Å². The monoisotopic (exact) mass is 236 g/mol.